The maximum absolute atomic E-state index is 13.7. The summed E-state index contributed by atoms with van der Waals surface area (Å²) in [4.78, 5) is 26.5. The van der Waals surface area contributed by atoms with Crippen molar-refractivity contribution in [3.8, 4) is 5.69 Å². The van der Waals surface area contributed by atoms with Gasteiger partial charge in [-0.1, -0.05) is 48.0 Å². The number of rotatable bonds is 4. The Morgan fingerprint density at radius 1 is 1.00 bits per heavy atom. The summed E-state index contributed by atoms with van der Waals surface area (Å²) in [6, 6.07) is 21.8. The minimum absolute atomic E-state index is 0.354. The molecule has 0 radical (unpaired) electrons. The van der Waals surface area contributed by atoms with E-state index in [-0.39, 0.29) is 17.6 Å². The number of fused-ring (bicyclic) bond motifs is 1. The van der Waals surface area contributed by atoms with E-state index in [4.69, 9.17) is 0 Å². The zero-order valence-electron chi connectivity index (χ0n) is 18.7. The lowest BCUT2D eigenvalue weighted by Crippen LogP contribution is -2.50. The van der Waals surface area contributed by atoms with E-state index in [1.807, 2.05) is 50.2 Å². The number of carbonyl (C=O) groups is 2. The Morgan fingerprint density at radius 2 is 1.74 bits per heavy atom. The maximum atomic E-state index is 13.7. The fourth-order valence-corrected chi connectivity index (χ4v) is 4.49. The van der Waals surface area contributed by atoms with Crippen LogP contribution in [0.1, 0.15) is 38.7 Å². The third-order valence-electron chi connectivity index (χ3n) is 6.07. The molecule has 0 aliphatic carbocycles. The number of hydrogen-bond donors (Lipinski definition) is 2. The zero-order chi connectivity index (χ0) is 23.8. The molecule has 6 nitrogen and oxygen atoms in total. The SMILES string of the molecule is Cc1cccc(C(=O)NC2C(=O)Nc3c(c(C)nn3-c3ccccc3)[C@@H]2c2ccc(F)cc2)c1. The second kappa shape index (κ2) is 8.59. The van der Waals surface area contributed by atoms with E-state index in [0.29, 0.717) is 22.6 Å². The van der Waals surface area contributed by atoms with Crippen LogP contribution in [0.3, 0.4) is 0 Å². The molecule has 0 fully saturated rings. The predicted molar refractivity (Wildman–Crippen MR) is 128 cm³/mol. The summed E-state index contributed by atoms with van der Waals surface area (Å²) in [5.74, 6) is -1.09. The lowest BCUT2D eigenvalue weighted by Gasteiger charge is -2.32. The van der Waals surface area contributed by atoms with Crippen molar-refractivity contribution >= 4 is 17.6 Å². The Bertz CT molecular complexity index is 1380. The second-order valence-corrected chi connectivity index (χ2v) is 8.43. The first-order valence-corrected chi connectivity index (χ1v) is 11.0. The fourth-order valence-electron chi connectivity index (χ4n) is 4.49. The molecule has 34 heavy (non-hydrogen) atoms. The Labute approximate surface area is 196 Å². The summed E-state index contributed by atoms with van der Waals surface area (Å²) >= 11 is 0. The van der Waals surface area contributed by atoms with Crippen molar-refractivity contribution in [1.29, 1.82) is 0 Å². The first-order valence-electron chi connectivity index (χ1n) is 11.0. The molecular weight excluding hydrogens is 431 g/mol. The van der Waals surface area contributed by atoms with Gasteiger partial charge < -0.3 is 10.6 Å². The van der Waals surface area contributed by atoms with Crippen LogP contribution in [0.2, 0.25) is 0 Å². The van der Waals surface area contributed by atoms with Crippen LogP contribution in [0.15, 0.2) is 78.9 Å². The Morgan fingerprint density at radius 3 is 2.44 bits per heavy atom. The minimum Gasteiger partial charge on any atom is -0.339 e. The van der Waals surface area contributed by atoms with Crippen molar-refractivity contribution in [3.05, 3.63) is 113 Å². The highest BCUT2D eigenvalue weighted by Gasteiger charge is 2.41. The number of aromatic nitrogens is 2. The Kier molecular flexibility index (Phi) is 5.45. The van der Waals surface area contributed by atoms with Gasteiger partial charge in [-0.2, -0.15) is 5.10 Å². The summed E-state index contributed by atoms with van der Waals surface area (Å²) in [6.07, 6.45) is 0. The summed E-state index contributed by atoms with van der Waals surface area (Å²) in [6.45, 7) is 3.77. The molecular formula is C27H23FN4O2. The van der Waals surface area contributed by atoms with Gasteiger partial charge in [0.2, 0.25) is 5.91 Å². The average Bonchev–Trinajstić information content (AvgIpc) is 3.16. The Balaban J connectivity index is 1.62. The van der Waals surface area contributed by atoms with Crippen molar-refractivity contribution in [2.24, 2.45) is 0 Å². The monoisotopic (exact) mass is 454 g/mol. The number of para-hydroxylation sites is 1. The number of amides is 2. The topological polar surface area (TPSA) is 76.0 Å². The molecule has 2 amide bonds. The van der Waals surface area contributed by atoms with Crippen molar-refractivity contribution in [3.63, 3.8) is 0 Å². The van der Waals surface area contributed by atoms with Gasteiger partial charge in [0.25, 0.3) is 5.91 Å². The summed E-state index contributed by atoms with van der Waals surface area (Å²) in [5.41, 5.74) is 4.41. The summed E-state index contributed by atoms with van der Waals surface area (Å²) < 4.78 is 15.4. The third-order valence-corrected chi connectivity index (χ3v) is 6.07. The largest absolute Gasteiger partial charge is 0.339 e. The van der Waals surface area contributed by atoms with E-state index < -0.39 is 12.0 Å². The van der Waals surface area contributed by atoms with Crippen molar-refractivity contribution in [2.45, 2.75) is 25.8 Å². The molecule has 0 saturated carbocycles. The molecule has 4 aromatic rings. The highest BCUT2D eigenvalue weighted by atomic mass is 19.1. The molecule has 0 saturated heterocycles. The van der Waals surface area contributed by atoms with Gasteiger partial charge in [-0.05, 0) is 55.8 Å². The van der Waals surface area contributed by atoms with E-state index >= 15 is 0 Å². The van der Waals surface area contributed by atoms with E-state index in [1.165, 1.54) is 12.1 Å². The van der Waals surface area contributed by atoms with Gasteiger partial charge >= 0.3 is 0 Å². The number of carbonyl (C=O) groups excluding carboxylic acids is 2. The third kappa shape index (κ3) is 3.85. The smallest absolute Gasteiger partial charge is 0.251 e. The molecule has 0 bridgehead atoms. The van der Waals surface area contributed by atoms with Crippen LogP contribution in [0.25, 0.3) is 5.69 Å². The van der Waals surface area contributed by atoms with Crippen LogP contribution in [0.4, 0.5) is 10.2 Å². The summed E-state index contributed by atoms with van der Waals surface area (Å²) in [5, 5.41) is 10.5. The van der Waals surface area contributed by atoms with Crippen LogP contribution in [0, 0.1) is 19.7 Å². The first-order chi connectivity index (χ1) is 16.4. The first kappa shape index (κ1) is 21.6. The number of aryl methyl sites for hydroxylation is 2. The van der Waals surface area contributed by atoms with Crippen LogP contribution < -0.4 is 10.6 Å². The number of nitrogens with one attached hydrogen (secondary N) is 2. The minimum atomic E-state index is -0.905. The van der Waals surface area contributed by atoms with Gasteiger partial charge in [-0.15, -0.1) is 0 Å². The van der Waals surface area contributed by atoms with Gasteiger partial charge in [-0.3, -0.25) is 9.59 Å². The molecule has 1 unspecified atom stereocenters. The molecule has 1 aliphatic heterocycles. The van der Waals surface area contributed by atoms with Crippen molar-refractivity contribution in [1.82, 2.24) is 15.1 Å². The number of benzene rings is 3. The lowest BCUT2D eigenvalue weighted by atomic mass is 9.82. The van der Waals surface area contributed by atoms with Crippen LogP contribution in [-0.2, 0) is 4.79 Å². The molecule has 1 aromatic heterocycles. The van der Waals surface area contributed by atoms with Crippen molar-refractivity contribution < 1.29 is 14.0 Å². The van der Waals surface area contributed by atoms with Crippen LogP contribution in [0.5, 0.6) is 0 Å². The average molecular weight is 455 g/mol. The molecule has 2 atom stereocenters. The van der Waals surface area contributed by atoms with Crippen molar-refractivity contribution in [2.75, 3.05) is 5.32 Å². The molecule has 170 valence electrons. The lowest BCUT2D eigenvalue weighted by molar-refractivity contribution is -0.118. The van der Waals surface area contributed by atoms with Gasteiger partial charge in [0.15, 0.2) is 0 Å². The van der Waals surface area contributed by atoms with Gasteiger partial charge in [0.05, 0.1) is 11.4 Å². The highest BCUT2D eigenvalue weighted by molar-refractivity contribution is 6.04. The number of hydrogen-bond acceptors (Lipinski definition) is 3. The van der Waals surface area contributed by atoms with E-state index in [2.05, 4.69) is 15.7 Å². The number of halogens is 1. The second-order valence-electron chi connectivity index (χ2n) is 8.43. The predicted octanol–water partition coefficient (Wildman–Crippen LogP) is 4.51. The standard InChI is InChI=1S/C27H23FN4O2/c1-16-7-6-8-19(15-16)26(33)29-24-23(18-11-13-20(28)14-12-18)22-17(2)31-32(25(22)30-27(24)34)21-9-4-3-5-10-21/h3-15,23-24H,1-2H3,(H,29,33)(H,30,34)/t23-,24?/m0/s1. The zero-order valence-corrected chi connectivity index (χ0v) is 18.7. The molecule has 5 rings (SSSR count). The Hall–Kier alpha value is -4.26. The van der Waals surface area contributed by atoms with Gasteiger partial charge in [0.1, 0.15) is 17.7 Å². The van der Waals surface area contributed by atoms with Crippen LogP contribution >= 0.6 is 0 Å². The quantitative estimate of drug-likeness (QED) is 0.476. The maximum Gasteiger partial charge on any atom is 0.251 e. The normalized spacial score (nSPS) is 17.1. The molecule has 7 heteroatoms. The molecule has 3 aromatic carbocycles. The molecule has 1 aliphatic rings. The van der Waals surface area contributed by atoms with Crippen LogP contribution in [-0.4, -0.2) is 27.6 Å². The van der Waals surface area contributed by atoms with E-state index in [9.17, 15) is 14.0 Å². The van der Waals surface area contributed by atoms with E-state index in [1.54, 1.807) is 35.0 Å². The van der Waals surface area contributed by atoms with Gasteiger partial charge in [-0.25, -0.2) is 9.07 Å². The number of anilines is 1. The molecule has 2 heterocycles. The summed E-state index contributed by atoms with van der Waals surface area (Å²) in [7, 11) is 0. The van der Waals surface area contributed by atoms with Gasteiger partial charge in [0, 0.05) is 17.0 Å². The van der Waals surface area contributed by atoms with E-state index in [0.717, 1.165) is 16.8 Å². The molecule has 0 spiro atoms. The highest BCUT2D eigenvalue weighted by Crippen LogP contribution is 2.40. The number of nitrogens with zero attached hydrogens (tertiary/aromatic N) is 2. The molecule has 2 N–H and O–H groups in total. The fraction of sp³-hybridized carbons (Fsp3) is 0.148.